The number of anilines is 1. The lowest BCUT2D eigenvalue weighted by atomic mass is 10.1. The van der Waals surface area contributed by atoms with Crippen molar-refractivity contribution in [3.63, 3.8) is 0 Å². The first-order valence-electron chi connectivity index (χ1n) is 3.93. The van der Waals surface area contributed by atoms with Crippen LogP contribution in [-0.4, -0.2) is 17.8 Å². The van der Waals surface area contributed by atoms with E-state index in [2.05, 4.69) is 0 Å². The molecule has 1 rings (SSSR count). The predicted molar refractivity (Wildman–Crippen MR) is 49.6 cm³/mol. The van der Waals surface area contributed by atoms with Gasteiger partial charge in [-0.1, -0.05) is 12.1 Å². The van der Waals surface area contributed by atoms with Gasteiger partial charge >= 0.3 is 0 Å². The molecule has 0 spiro atoms. The minimum atomic E-state index is -0.173. The molecule has 12 heavy (non-hydrogen) atoms. The van der Waals surface area contributed by atoms with Gasteiger partial charge in [-0.25, -0.2) is 0 Å². The van der Waals surface area contributed by atoms with Crippen molar-refractivity contribution in [1.29, 1.82) is 0 Å². The second-order valence-electron chi connectivity index (χ2n) is 2.89. The van der Waals surface area contributed by atoms with Gasteiger partial charge < -0.3 is 16.6 Å². The Bertz CT molecular complexity index is 233. The smallest absolute Gasteiger partial charge is 0.0585 e. The molecule has 1 aromatic carbocycles. The summed E-state index contributed by atoms with van der Waals surface area (Å²) in [6, 6.07) is 7.34. The summed E-state index contributed by atoms with van der Waals surface area (Å²) in [5, 5.41) is 8.70. The molecule has 0 radical (unpaired) electrons. The van der Waals surface area contributed by atoms with E-state index in [0.717, 1.165) is 11.3 Å². The highest BCUT2D eigenvalue weighted by atomic mass is 16.3. The van der Waals surface area contributed by atoms with Gasteiger partial charge in [-0.3, -0.25) is 0 Å². The summed E-state index contributed by atoms with van der Waals surface area (Å²) in [7, 11) is 0. The number of aliphatic hydroxyl groups is 1. The zero-order chi connectivity index (χ0) is 8.97. The Morgan fingerprint density at radius 3 is 2.33 bits per heavy atom. The maximum Gasteiger partial charge on any atom is 0.0585 e. The Morgan fingerprint density at radius 2 is 1.83 bits per heavy atom. The molecule has 0 heterocycles. The molecule has 3 nitrogen and oxygen atoms in total. The standard InChI is InChI=1S/C9H14N2O/c10-8-3-1-7(2-4-8)5-9(11)6-12/h1-4,9,12H,5-6,10-11H2/t9-/m0/s1. The summed E-state index contributed by atoms with van der Waals surface area (Å²) in [5.41, 5.74) is 12.9. The van der Waals surface area contributed by atoms with Gasteiger partial charge in [-0.05, 0) is 24.1 Å². The molecule has 0 aliphatic heterocycles. The zero-order valence-electron chi connectivity index (χ0n) is 6.90. The van der Waals surface area contributed by atoms with E-state index >= 15 is 0 Å². The Kier molecular flexibility index (Phi) is 3.08. The van der Waals surface area contributed by atoms with E-state index in [0.29, 0.717) is 6.42 Å². The summed E-state index contributed by atoms with van der Waals surface area (Å²) in [6.45, 7) is 0.0182. The third-order valence-electron chi connectivity index (χ3n) is 1.71. The van der Waals surface area contributed by atoms with Crippen LogP contribution in [0.2, 0.25) is 0 Å². The van der Waals surface area contributed by atoms with Crippen molar-refractivity contribution in [3.8, 4) is 0 Å². The maximum atomic E-state index is 8.70. The molecule has 0 aliphatic rings. The van der Waals surface area contributed by atoms with Crippen LogP contribution in [0, 0.1) is 0 Å². The van der Waals surface area contributed by atoms with Crippen molar-refractivity contribution in [1.82, 2.24) is 0 Å². The fourth-order valence-corrected chi connectivity index (χ4v) is 1.02. The van der Waals surface area contributed by atoms with Crippen LogP contribution in [0.5, 0.6) is 0 Å². The van der Waals surface area contributed by atoms with Crippen LogP contribution in [0.4, 0.5) is 5.69 Å². The van der Waals surface area contributed by atoms with Gasteiger partial charge in [-0.15, -0.1) is 0 Å². The van der Waals surface area contributed by atoms with Crippen molar-refractivity contribution >= 4 is 5.69 Å². The first-order chi connectivity index (χ1) is 5.72. The van der Waals surface area contributed by atoms with Crippen LogP contribution in [-0.2, 0) is 6.42 Å². The van der Waals surface area contributed by atoms with E-state index in [1.54, 1.807) is 0 Å². The second-order valence-corrected chi connectivity index (χ2v) is 2.89. The molecule has 66 valence electrons. The molecular weight excluding hydrogens is 152 g/mol. The molecule has 0 saturated heterocycles. The highest BCUT2D eigenvalue weighted by molar-refractivity contribution is 5.39. The highest BCUT2D eigenvalue weighted by Gasteiger charge is 2.00. The van der Waals surface area contributed by atoms with Gasteiger partial charge in [0.15, 0.2) is 0 Å². The van der Waals surface area contributed by atoms with E-state index < -0.39 is 0 Å². The van der Waals surface area contributed by atoms with Crippen molar-refractivity contribution in [2.24, 2.45) is 5.73 Å². The number of rotatable bonds is 3. The number of nitrogens with two attached hydrogens (primary N) is 2. The molecule has 0 aromatic heterocycles. The van der Waals surface area contributed by atoms with E-state index in [4.69, 9.17) is 16.6 Å². The Morgan fingerprint density at radius 1 is 1.25 bits per heavy atom. The molecular formula is C9H14N2O. The van der Waals surface area contributed by atoms with Gasteiger partial charge in [-0.2, -0.15) is 0 Å². The lowest BCUT2D eigenvalue weighted by molar-refractivity contribution is 0.265. The monoisotopic (exact) mass is 166 g/mol. The summed E-state index contributed by atoms with van der Waals surface area (Å²) in [5.74, 6) is 0. The van der Waals surface area contributed by atoms with Crippen LogP contribution in [0.15, 0.2) is 24.3 Å². The van der Waals surface area contributed by atoms with Crippen molar-refractivity contribution in [2.75, 3.05) is 12.3 Å². The number of hydrogen-bond acceptors (Lipinski definition) is 3. The quantitative estimate of drug-likeness (QED) is 0.559. The van der Waals surface area contributed by atoms with E-state index in [-0.39, 0.29) is 12.6 Å². The average molecular weight is 166 g/mol. The van der Waals surface area contributed by atoms with Crippen LogP contribution in [0.3, 0.4) is 0 Å². The van der Waals surface area contributed by atoms with Crippen molar-refractivity contribution < 1.29 is 5.11 Å². The molecule has 0 unspecified atom stereocenters. The van der Waals surface area contributed by atoms with Crippen LogP contribution in [0.1, 0.15) is 5.56 Å². The maximum absolute atomic E-state index is 8.70. The number of nitrogen functional groups attached to an aromatic ring is 1. The third kappa shape index (κ3) is 2.53. The van der Waals surface area contributed by atoms with Crippen LogP contribution in [0.25, 0.3) is 0 Å². The van der Waals surface area contributed by atoms with Gasteiger partial charge in [0.2, 0.25) is 0 Å². The van der Waals surface area contributed by atoms with Crippen molar-refractivity contribution in [2.45, 2.75) is 12.5 Å². The summed E-state index contributed by atoms with van der Waals surface area (Å²) >= 11 is 0. The third-order valence-corrected chi connectivity index (χ3v) is 1.71. The highest BCUT2D eigenvalue weighted by Crippen LogP contribution is 2.06. The molecule has 1 atom stereocenters. The molecule has 0 bridgehead atoms. The Balaban J connectivity index is 2.58. The molecule has 0 aliphatic carbocycles. The van der Waals surface area contributed by atoms with E-state index in [9.17, 15) is 0 Å². The summed E-state index contributed by atoms with van der Waals surface area (Å²) in [6.07, 6.45) is 0.691. The topological polar surface area (TPSA) is 72.3 Å². The summed E-state index contributed by atoms with van der Waals surface area (Å²) < 4.78 is 0. The van der Waals surface area contributed by atoms with Gasteiger partial charge in [0, 0.05) is 11.7 Å². The van der Waals surface area contributed by atoms with Crippen molar-refractivity contribution in [3.05, 3.63) is 29.8 Å². The fraction of sp³-hybridized carbons (Fsp3) is 0.333. The van der Waals surface area contributed by atoms with Gasteiger partial charge in [0.1, 0.15) is 0 Å². The normalized spacial score (nSPS) is 12.8. The molecule has 0 amide bonds. The molecule has 0 fully saturated rings. The number of aliphatic hydroxyl groups excluding tert-OH is 1. The molecule has 0 saturated carbocycles. The Hall–Kier alpha value is -1.06. The van der Waals surface area contributed by atoms with E-state index in [1.165, 1.54) is 0 Å². The summed E-state index contributed by atoms with van der Waals surface area (Å²) in [4.78, 5) is 0. The first kappa shape index (κ1) is 9.03. The zero-order valence-corrected chi connectivity index (χ0v) is 6.90. The fourth-order valence-electron chi connectivity index (χ4n) is 1.02. The predicted octanol–water partition coefficient (Wildman–Crippen LogP) is 0.131. The SMILES string of the molecule is Nc1ccc(C[C@H](N)CO)cc1. The second kappa shape index (κ2) is 4.09. The lowest BCUT2D eigenvalue weighted by Crippen LogP contribution is -2.26. The lowest BCUT2D eigenvalue weighted by Gasteiger charge is -2.07. The number of hydrogen-bond donors (Lipinski definition) is 3. The largest absolute Gasteiger partial charge is 0.399 e. The number of benzene rings is 1. The van der Waals surface area contributed by atoms with Crippen LogP contribution < -0.4 is 11.5 Å². The molecule has 1 aromatic rings. The van der Waals surface area contributed by atoms with Crippen LogP contribution >= 0.6 is 0 Å². The Labute approximate surface area is 72.0 Å². The van der Waals surface area contributed by atoms with Gasteiger partial charge in [0.25, 0.3) is 0 Å². The first-order valence-corrected chi connectivity index (χ1v) is 3.93. The minimum Gasteiger partial charge on any atom is -0.399 e. The average Bonchev–Trinajstić information content (AvgIpc) is 2.09. The van der Waals surface area contributed by atoms with Gasteiger partial charge in [0.05, 0.1) is 6.61 Å². The van der Waals surface area contributed by atoms with E-state index in [1.807, 2.05) is 24.3 Å². The molecule has 5 N–H and O–H groups in total. The molecule has 3 heteroatoms. The minimum absolute atomic E-state index is 0.0182.